The Labute approximate surface area is 183 Å². The van der Waals surface area contributed by atoms with Crippen molar-refractivity contribution in [3.63, 3.8) is 0 Å². The van der Waals surface area contributed by atoms with Crippen LogP contribution in [0.2, 0.25) is 0 Å². The molecule has 0 saturated heterocycles. The Morgan fingerprint density at radius 1 is 1.16 bits per heavy atom. The van der Waals surface area contributed by atoms with Crippen LogP contribution in [0.25, 0.3) is 10.9 Å². The Morgan fingerprint density at radius 2 is 1.87 bits per heavy atom. The summed E-state index contributed by atoms with van der Waals surface area (Å²) in [5, 5.41) is 4.04. The summed E-state index contributed by atoms with van der Waals surface area (Å²) >= 11 is 0. The third-order valence-electron chi connectivity index (χ3n) is 5.35. The van der Waals surface area contributed by atoms with E-state index in [0.29, 0.717) is 36.0 Å². The highest BCUT2D eigenvalue weighted by atomic mass is 16.5. The first-order chi connectivity index (χ1) is 14.9. The number of benzene rings is 2. The molecule has 2 aromatic carbocycles. The molecule has 162 valence electrons. The number of carbonyl (C=O) groups excluding carboxylic acids is 2. The highest BCUT2D eigenvalue weighted by Crippen LogP contribution is 2.30. The van der Waals surface area contributed by atoms with Crippen LogP contribution in [0.3, 0.4) is 0 Å². The molecule has 5 nitrogen and oxygen atoms in total. The number of aryl methyl sites for hydroxylation is 1. The van der Waals surface area contributed by atoms with Crippen molar-refractivity contribution >= 4 is 28.5 Å². The first-order valence-electron chi connectivity index (χ1n) is 10.7. The largest absolute Gasteiger partial charge is 0.462 e. The number of nitrogens with one attached hydrogen (secondary N) is 1. The number of hydrogen-bond acceptors (Lipinski definition) is 3. The minimum atomic E-state index is -0.359. The van der Waals surface area contributed by atoms with Crippen LogP contribution in [0.5, 0.6) is 0 Å². The lowest BCUT2D eigenvalue weighted by atomic mass is 10.0. The van der Waals surface area contributed by atoms with Crippen molar-refractivity contribution in [3.05, 3.63) is 77.5 Å². The summed E-state index contributed by atoms with van der Waals surface area (Å²) in [5.74, 6) is -0.142. The molecule has 5 heteroatoms. The Kier molecular flexibility index (Phi) is 6.95. The van der Waals surface area contributed by atoms with Gasteiger partial charge in [-0.3, -0.25) is 4.79 Å². The van der Waals surface area contributed by atoms with Crippen LogP contribution in [0.15, 0.2) is 55.1 Å². The predicted octanol–water partition coefficient (Wildman–Crippen LogP) is 6.08. The summed E-state index contributed by atoms with van der Waals surface area (Å²) in [6.07, 6.45) is 2.57. The van der Waals surface area contributed by atoms with Gasteiger partial charge in [-0.05, 0) is 66.8 Å². The van der Waals surface area contributed by atoms with E-state index in [0.717, 1.165) is 22.9 Å². The molecule has 3 aromatic rings. The van der Waals surface area contributed by atoms with Crippen molar-refractivity contribution in [1.82, 2.24) is 4.57 Å². The van der Waals surface area contributed by atoms with Crippen molar-refractivity contribution in [2.75, 3.05) is 11.9 Å². The second-order valence-electron chi connectivity index (χ2n) is 7.97. The quantitative estimate of drug-likeness (QED) is 0.356. The van der Waals surface area contributed by atoms with E-state index in [1.54, 1.807) is 30.3 Å². The zero-order valence-electron chi connectivity index (χ0n) is 18.7. The van der Waals surface area contributed by atoms with Gasteiger partial charge >= 0.3 is 5.97 Å². The van der Waals surface area contributed by atoms with Crippen LogP contribution in [-0.4, -0.2) is 23.1 Å². The number of aromatic nitrogens is 1. The van der Waals surface area contributed by atoms with Gasteiger partial charge in [0.05, 0.1) is 12.2 Å². The highest BCUT2D eigenvalue weighted by Gasteiger charge is 2.20. The van der Waals surface area contributed by atoms with Gasteiger partial charge in [0, 0.05) is 23.1 Å². The van der Waals surface area contributed by atoms with Crippen LogP contribution >= 0.6 is 0 Å². The lowest BCUT2D eigenvalue weighted by Gasteiger charge is -2.11. The summed E-state index contributed by atoms with van der Waals surface area (Å²) in [6.45, 7) is 13.0. The van der Waals surface area contributed by atoms with E-state index in [1.807, 2.05) is 18.4 Å². The summed E-state index contributed by atoms with van der Waals surface area (Å²) in [6, 6.07) is 13.1. The number of esters is 1. The maximum Gasteiger partial charge on any atom is 0.338 e. The molecule has 0 bridgehead atoms. The number of amides is 1. The van der Waals surface area contributed by atoms with Crippen LogP contribution in [0.1, 0.15) is 65.1 Å². The van der Waals surface area contributed by atoms with Crippen LogP contribution in [-0.2, 0) is 11.3 Å². The zero-order chi connectivity index (χ0) is 22.5. The predicted molar refractivity (Wildman–Crippen MR) is 126 cm³/mol. The van der Waals surface area contributed by atoms with Crippen LogP contribution in [0.4, 0.5) is 5.69 Å². The van der Waals surface area contributed by atoms with Crippen molar-refractivity contribution in [2.45, 2.75) is 46.6 Å². The first-order valence-corrected chi connectivity index (χ1v) is 10.7. The Bertz CT molecular complexity index is 1110. The molecule has 0 fully saturated rings. The number of ether oxygens (including phenoxy) is 1. The zero-order valence-corrected chi connectivity index (χ0v) is 18.7. The molecule has 1 amide bonds. The molecular formula is C26H30N2O3. The van der Waals surface area contributed by atoms with Crippen LogP contribution in [0, 0.1) is 6.92 Å². The molecule has 0 spiro atoms. The maximum absolute atomic E-state index is 13.2. The van der Waals surface area contributed by atoms with E-state index >= 15 is 0 Å². The first kappa shape index (κ1) is 22.3. The number of anilines is 1. The number of allylic oxidation sites excluding steroid dienone is 1. The number of hydrogen-bond donors (Lipinski definition) is 1. The summed E-state index contributed by atoms with van der Waals surface area (Å²) in [7, 11) is 0. The van der Waals surface area contributed by atoms with Gasteiger partial charge in [0.25, 0.3) is 5.91 Å². The van der Waals surface area contributed by atoms with Gasteiger partial charge in [-0.15, -0.1) is 6.58 Å². The second kappa shape index (κ2) is 9.65. The van der Waals surface area contributed by atoms with Gasteiger partial charge in [0.2, 0.25) is 0 Å². The maximum atomic E-state index is 13.2. The molecule has 0 unspecified atom stereocenters. The van der Waals surface area contributed by atoms with Crippen molar-refractivity contribution < 1.29 is 14.3 Å². The number of fused-ring (bicyclic) bond motifs is 1. The molecule has 3 rings (SSSR count). The summed E-state index contributed by atoms with van der Waals surface area (Å²) in [4.78, 5) is 25.2. The lowest BCUT2D eigenvalue weighted by Crippen LogP contribution is -2.18. The average molecular weight is 419 g/mol. The summed E-state index contributed by atoms with van der Waals surface area (Å²) < 4.78 is 7.14. The molecule has 1 aromatic heterocycles. The minimum absolute atomic E-state index is 0.192. The fourth-order valence-electron chi connectivity index (χ4n) is 3.67. The molecule has 1 heterocycles. The Morgan fingerprint density at radius 3 is 2.48 bits per heavy atom. The smallest absolute Gasteiger partial charge is 0.338 e. The number of nitrogens with zero attached hydrogens (tertiary/aromatic N) is 1. The minimum Gasteiger partial charge on any atom is -0.462 e. The SMILES string of the molecule is C=CCn1c(C(=O)Nc2ccc(C(=O)OCCC)cc2)c(C)c2cc(C(C)C)ccc21. The average Bonchev–Trinajstić information content (AvgIpc) is 3.04. The third-order valence-corrected chi connectivity index (χ3v) is 5.35. The molecule has 0 radical (unpaired) electrons. The fourth-order valence-corrected chi connectivity index (χ4v) is 3.67. The molecule has 1 N–H and O–H groups in total. The molecule has 0 aliphatic heterocycles. The van der Waals surface area contributed by atoms with Gasteiger partial charge in [-0.25, -0.2) is 4.79 Å². The van der Waals surface area contributed by atoms with Crippen molar-refractivity contribution in [1.29, 1.82) is 0 Å². The lowest BCUT2D eigenvalue weighted by molar-refractivity contribution is 0.0505. The van der Waals surface area contributed by atoms with Crippen molar-refractivity contribution in [3.8, 4) is 0 Å². The second-order valence-corrected chi connectivity index (χ2v) is 7.97. The highest BCUT2D eigenvalue weighted by molar-refractivity contribution is 6.08. The van der Waals surface area contributed by atoms with Gasteiger partial charge < -0.3 is 14.6 Å². The number of rotatable bonds is 8. The van der Waals surface area contributed by atoms with E-state index in [9.17, 15) is 9.59 Å². The Hall–Kier alpha value is -3.34. The monoisotopic (exact) mass is 418 g/mol. The fraction of sp³-hybridized carbons (Fsp3) is 0.308. The van der Waals surface area contributed by atoms with Gasteiger partial charge in [-0.1, -0.05) is 32.9 Å². The van der Waals surface area contributed by atoms with E-state index in [-0.39, 0.29) is 11.9 Å². The standard InChI is InChI=1S/C26H30N2O3/c1-6-14-28-23-13-10-20(17(3)4)16-22(23)18(5)24(28)25(29)27-21-11-8-19(9-12-21)26(30)31-15-7-2/h6,8-13,16-17H,1,7,14-15H2,2-5H3,(H,27,29). The number of carbonyl (C=O) groups is 2. The molecular weight excluding hydrogens is 388 g/mol. The third kappa shape index (κ3) is 4.71. The molecule has 31 heavy (non-hydrogen) atoms. The normalized spacial score (nSPS) is 11.0. The molecule has 0 aliphatic rings. The van der Waals surface area contributed by atoms with E-state index in [4.69, 9.17) is 4.74 Å². The molecule has 0 saturated carbocycles. The molecule has 0 aliphatic carbocycles. The van der Waals surface area contributed by atoms with E-state index in [2.05, 4.69) is 43.9 Å². The topological polar surface area (TPSA) is 60.3 Å². The van der Waals surface area contributed by atoms with Gasteiger partial charge in [0.15, 0.2) is 0 Å². The van der Waals surface area contributed by atoms with Crippen molar-refractivity contribution in [2.24, 2.45) is 0 Å². The van der Waals surface area contributed by atoms with Gasteiger partial charge in [-0.2, -0.15) is 0 Å². The van der Waals surface area contributed by atoms with Crippen LogP contribution < -0.4 is 5.32 Å². The van der Waals surface area contributed by atoms with E-state index < -0.39 is 0 Å². The Balaban J connectivity index is 1.91. The summed E-state index contributed by atoms with van der Waals surface area (Å²) in [5.41, 5.74) is 4.89. The molecule has 0 atom stereocenters. The van der Waals surface area contributed by atoms with Gasteiger partial charge in [0.1, 0.15) is 5.69 Å². The van der Waals surface area contributed by atoms with E-state index in [1.165, 1.54) is 5.56 Å².